The first kappa shape index (κ1) is 26.4. The van der Waals surface area contributed by atoms with Crippen molar-refractivity contribution in [2.75, 3.05) is 0 Å². The van der Waals surface area contributed by atoms with Gasteiger partial charge in [0, 0.05) is 46.5 Å². The van der Waals surface area contributed by atoms with Crippen molar-refractivity contribution < 1.29 is 31.4 Å². The largest absolute Gasteiger partial charge is 0.416 e. The van der Waals surface area contributed by atoms with Gasteiger partial charge in [0.1, 0.15) is 6.10 Å². The predicted octanol–water partition coefficient (Wildman–Crippen LogP) is 7.47. The lowest BCUT2D eigenvalue weighted by Crippen LogP contribution is -2.12. The first-order valence-electron chi connectivity index (χ1n) is 12.8. The van der Waals surface area contributed by atoms with E-state index >= 15 is 0 Å². The van der Waals surface area contributed by atoms with Crippen LogP contribution in [-0.4, -0.2) is 25.0 Å². The average Bonchev–Trinajstić information content (AvgIpc) is 3.85. The first-order chi connectivity index (χ1) is 19.0. The predicted molar refractivity (Wildman–Crippen MR) is 133 cm³/mol. The van der Waals surface area contributed by atoms with Crippen LogP contribution in [0.3, 0.4) is 0 Å². The lowest BCUT2D eigenvalue weighted by Gasteiger charge is -2.19. The van der Waals surface area contributed by atoms with Gasteiger partial charge >= 0.3 is 12.4 Å². The maximum atomic E-state index is 13.0. The normalized spacial score (nSPS) is 16.0. The van der Waals surface area contributed by atoms with Crippen LogP contribution in [0.15, 0.2) is 60.9 Å². The number of rotatable bonds is 6. The molecule has 0 bridgehead atoms. The Labute approximate surface area is 225 Å². The van der Waals surface area contributed by atoms with Crippen molar-refractivity contribution in [1.29, 1.82) is 0 Å². The molecule has 0 spiro atoms. The van der Waals surface area contributed by atoms with Gasteiger partial charge in [-0.15, -0.1) is 0 Å². The number of hydrogen-bond acceptors (Lipinski definition) is 5. The molecular formula is C29H22F6N4O. The third kappa shape index (κ3) is 5.30. The van der Waals surface area contributed by atoms with Crippen molar-refractivity contribution in [2.45, 2.75) is 56.0 Å². The quantitative estimate of drug-likeness (QED) is 0.250. The van der Waals surface area contributed by atoms with Crippen molar-refractivity contribution in [1.82, 2.24) is 19.9 Å². The van der Waals surface area contributed by atoms with Crippen LogP contribution in [0.25, 0.3) is 22.8 Å². The highest BCUT2D eigenvalue weighted by molar-refractivity contribution is 5.58. The lowest BCUT2D eigenvalue weighted by molar-refractivity contribution is -0.138. The van der Waals surface area contributed by atoms with Crippen molar-refractivity contribution >= 4 is 0 Å². The van der Waals surface area contributed by atoms with Gasteiger partial charge in [-0.25, -0.2) is 19.9 Å². The Kier molecular flexibility index (Phi) is 6.36. The number of hydrogen-bond donors (Lipinski definition) is 1. The molecule has 11 heteroatoms. The van der Waals surface area contributed by atoms with Gasteiger partial charge in [0.05, 0.1) is 22.5 Å². The van der Waals surface area contributed by atoms with Crippen molar-refractivity contribution in [2.24, 2.45) is 0 Å². The van der Waals surface area contributed by atoms with E-state index < -0.39 is 29.6 Å². The maximum Gasteiger partial charge on any atom is 0.416 e. The van der Waals surface area contributed by atoms with Crippen molar-refractivity contribution in [3.63, 3.8) is 0 Å². The average molecular weight is 557 g/mol. The molecule has 2 aromatic carbocycles. The second-order valence-electron chi connectivity index (χ2n) is 10.2. The molecule has 0 unspecified atom stereocenters. The number of aliphatic hydroxyl groups is 1. The van der Waals surface area contributed by atoms with Crippen molar-refractivity contribution in [3.05, 3.63) is 94.6 Å². The SMILES string of the molecule is OC(c1cnc(-c2ccc(C(F)(F)F)cc2)nc1C1CC1)c1cnc(-c2ccc(C(F)(F)F)cc2)nc1C1CC1. The molecule has 1 N–H and O–H groups in total. The van der Waals surface area contributed by atoms with Crippen LogP contribution >= 0.6 is 0 Å². The fraction of sp³-hybridized carbons (Fsp3) is 0.310. The van der Waals surface area contributed by atoms with Crippen LogP contribution < -0.4 is 0 Å². The van der Waals surface area contributed by atoms with E-state index in [4.69, 9.17) is 0 Å². The lowest BCUT2D eigenvalue weighted by atomic mass is 9.97. The van der Waals surface area contributed by atoms with Crippen LogP contribution in [0.5, 0.6) is 0 Å². The molecule has 2 fully saturated rings. The highest BCUT2D eigenvalue weighted by Gasteiger charge is 2.36. The van der Waals surface area contributed by atoms with Crippen LogP contribution in [0.4, 0.5) is 26.3 Å². The second kappa shape index (κ2) is 9.65. The highest BCUT2D eigenvalue weighted by atomic mass is 19.4. The van der Waals surface area contributed by atoms with Gasteiger partial charge in [0.15, 0.2) is 11.6 Å². The minimum Gasteiger partial charge on any atom is -0.383 e. The summed E-state index contributed by atoms with van der Waals surface area (Å²) in [6.45, 7) is 0. The summed E-state index contributed by atoms with van der Waals surface area (Å²) in [5, 5.41) is 11.5. The highest BCUT2D eigenvalue weighted by Crippen LogP contribution is 2.46. The Morgan fingerprint density at radius 2 is 0.950 bits per heavy atom. The number of benzene rings is 2. The first-order valence-corrected chi connectivity index (χ1v) is 12.8. The second-order valence-corrected chi connectivity index (χ2v) is 10.2. The summed E-state index contributed by atoms with van der Waals surface area (Å²) >= 11 is 0. The molecule has 2 saturated carbocycles. The molecule has 2 aliphatic carbocycles. The van der Waals surface area contributed by atoms with Crippen LogP contribution in [-0.2, 0) is 12.4 Å². The molecule has 206 valence electrons. The van der Waals surface area contributed by atoms with Crippen LogP contribution in [0.2, 0.25) is 0 Å². The molecule has 0 saturated heterocycles. The molecule has 2 heterocycles. The van der Waals surface area contributed by atoms with Gasteiger partial charge in [-0.1, -0.05) is 24.3 Å². The van der Waals surface area contributed by atoms with Crippen LogP contribution in [0, 0.1) is 0 Å². The van der Waals surface area contributed by atoms with Gasteiger partial charge in [0.2, 0.25) is 0 Å². The summed E-state index contributed by atoms with van der Waals surface area (Å²) in [6.07, 6.45) is -3.59. The minimum atomic E-state index is -4.45. The van der Waals surface area contributed by atoms with Gasteiger partial charge in [-0.05, 0) is 49.9 Å². The summed E-state index contributed by atoms with van der Waals surface area (Å²) in [6, 6.07) is 9.22. The third-order valence-corrected chi connectivity index (χ3v) is 7.15. The summed E-state index contributed by atoms with van der Waals surface area (Å²) in [4.78, 5) is 18.0. The van der Waals surface area contributed by atoms with Crippen molar-refractivity contribution in [3.8, 4) is 22.8 Å². The molecular weight excluding hydrogens is 534 g/mol. The number of aliphatic hydroxyl groups excluding tert-OH is 1. The van der Waals surface area contributed by atoms with E-state index in [-0.39, 0.29) is 23.5 Å². The molecule has 40 heavy (non-hydrogen) atoms. The number of aromatic nitrogens is 4. The summed E-state index contributed by atoms with van der Waals surface area (Å²) in [7, 11) is 0. The molecule has 5 nitrogen and oxygen atoms in total. The van der Waals surface area contributed by atoms with E-state index in [1.165, 1.54) is 36.7 Å². The minimum absolute atomic E-state index is 0.0950. The Morgan fingerprint density at radius 1 is 0.600 bits per heavy atom. The number of nitrogens with zero attached hydrogens (tertiary/aromatic N) is 4. The van der Waals surface area contributed by atoms with Gasteiger partial charge in [0.25, 0.3) is 0 Å². The van der Waals surface area contributed by atoms with Gasteiger partial charge < -0.3 is 5.11 Å². The molecule has 4 aromatic rings. The summed E-state index contributed by atoms with van der Waals surface area (Å²) < 4.78 is 77.8. The van der Waals surface area contributed by atoms with E-state index in [9.17, 15) is 31.4 Å². The molecule has 0 atom stereocenters. The Balaban J connectivity index is 1.33. The number of alkyl halides is 6. The molecule has 0 amide bonds. The Bertz CT molecular complexity index is 1430. The van der Waals surface area contributed by atoms with E-state index in [2.05, 4.69) is 19.9 Å². The molecule has 6 rings (SSSR count). The van der Waals surface area contributed by atoms with E-state index in [1.54, 1.807) is 0 Å². The zero-order valence-electron chi connectivity index (χ0n) is 20.8. The Morgan fingerprint density at radius 3 is 1.25 bits per heavy atom. The maximum absolute atomic E-state index is 13.0. The van der Waals surface area contributed by atoms with E-state index in [1.807, 2.05) is 0 Å². The standard InChI is InChI=1S/C29H22F6N4O/c30-28(31,32)19-9-5-17(6-10-19)26-36-13-21(23(38-26)15-1-2-15)25(40)22-14-37-27(39-24(22)16-3-4-16)18-7-11-20(12-8-18)29(33,34)35/h5-16,25,40H,1-4H2. The Hall–Kier alpha value is -3.86. The number of halogens is 6. The monoisotopic (exact) mass is 556 g/mol. The van der Waals surface area contributed by atoms with Gasteiger partial charge in [-0.2, -0.15) is 26.3 Å². The zero-order valence-corrected chi connectivity index (χ0v) is 20.8. The van der Waals surface area contributed by atoms with Gasteiger partial charge in [-0.3, -0.25) is 0 Å². The topological polar surface area (TPSA) is 71.8 Å². The van der Waals surface area contributed by atoms with E-state index in [0.717, 1.165) is 49.9 Å². The van der Waals surface area contributed by atoms with Crippen LogP contribution in [0.1, 0.15) is 77.3 Å². The smallest absolute Gasteiger partial charge is 0.383 e. The molecule has 2 aromatic heterocycles. The fourth-order valence-corrected chi connectivity index (χ4v) is 4.66. The van der Waals surface area contributed by atoms with E-state index in [0.29, 0.717) is 33.6 Å². The zero-order chi connectivity index (χ0) is 28.2. The summed E-state index contributed by atoms with van der Waals surface area (Å²) in [5.74, 6) is 0.723. The molecule has 0 aliphatic heterocycles. The fourth-order valence-electron chi connectivity index (χ4n) is 4.66. The molecule has 0 radical (unpaired) electrons. The summed E-state index contributed by atoms with van der Waals surface area (Å²) in [5.41, 5.74) is 1.54. The molecule has 2 aliphatic rings. The third-order valence-electron chi connectivity index (χ3n) is 7.15.